The zero-order valence-corrected chi connectivity index (χ0v) is 20.1. The van der Waals surface area contributed by atoms with Gasteiger partial charge in [-0.05, 0) is 105 Å². The molecule has 3 rings (SSSR count). The molecule has 0 radical (unpaired) electrons. The third-order valence-corrected chi connectivity index (χ3v) is 8.34. The summed E-state index contributed by atoms with van der Waals surface area (Å²) in [6.07, 6.45) is 10.2. The van der Waals surface area contributed by atoms with Crippen molar-refractivity contribution < 1.29 is 22.0 Å². The summed E-state index contributed by atoms with van der Waals surface area (Å²) in [7, 11) is 0. The third-order valence-electron chi connectivity index (χ3n) is 8.34. The zero-order chi connectivity index (χ0) is 24.0. The molecule has 2 aliphatic rings. The smallest absolute Gasteiger partial charge is 0.206 e. The van der Waals surface area contributed by atoms with Gasteiger partial charge >= 0.3 is 6.18 Å². The Hall–Kier alpha value is -1.39. The fourth-order valence-electron chi connectivity index (χ4n) is 6.31. The van der Waals surface area contributed by atoms with Crippen molar-refractivity contribution in [2.24, 2.45) is 29.6 Å². The average Bonchev–Trinajstić information content (AvgIpc) is 2.77. The number of hydrogen-bond acceptors (Lipinski definition) is 0. The number of halogens is 5. The van der Waals surface area contributed by atoms with Crippen molar-refractivity contribution in [1.29, 1.82) is 0 Å². The molecular formula is C28H39F5. The first-order chi connectivity index (χ1) is 15.7. The van der Waals surface area contributed by atoms with Crippen molar-refractivity contribution in [1.82, 2.24) is 0 Å². The predicted molar refractivity (Wildman–Crippen MR) is 125 cm³/mol. The maximum absolute atomic E-state index is 14.2. The summed E-state index contributed by atoms with van der Waals surface area (Å²) in [5.41, 5.74) is -0.105. The minimum absolute atomic E-state index is 0.134. The van der Waals surface area contributed by atoms with Crippen LogP contribution < -0.4 is 0 Å². The van der Waals surface area contributed by atoms with Gasteiger partial charge in [0.1, 0.15) is 11.6 Å². The van der Waals surface area contributed by atoms with Crippen molar-refractivity contribution >= 4 is 6.08 Å². The molecule has 0 saturated heterocycles. The van der Waals surface area contributed by atoms with E-state index in [9.17, 15) is 22.0 Å². The SMILES string of the molecule is CCCC(C)C1CCC(C2CCC(CCc3cc(F)c(/C=C/C(F)(F)F)c(F)c3)CC2)CC1. The van der Waals surface area contributed by atoms with E-state index in [1.54, 1.807) is 0 Å². The maximum Gasteiger partial charge on any atom is 0.409 e. The molecule has 0 spiro atoms. The summed E-state index contributed by atoms with van der Waals surface area (Å²) in [5, 5.41) is 0. The van der Waals surface area contributed by atoms with Crippen LogP contribution in [0.15, 0.2) is 18.2 Å². The van der Waals surface area contributed by atoms with E-state index in [0.29, 0.717) is 24.0 Å². The van der Waals surface area contributed by atoms with Gasteiger partial charge in [-0.2, -0.15) is 13.2 Å². The van der Waals surface area contributed by atoms with Gasteiger partial charge in [0.25, 0.3) is 0 Å². The zero-order valence-electron chi connectivity index (χ0n) is 20.1. The van der Waals surface area contributed by atoms with Gasteiger partial charge in [-0.1, -0.05) is 39.5 Å². The van der Waals surface area contributed by atoms with Crippen molar-refractivity contribution in [2.75, 3.05) is 0 Å². The number of alkyl halides is 3. The van der Waals surface area contributed by atoms with Crippen LogP contribution in [0.3, 0.4) is 0 Å². The molecule has 0 heterocycles. The Labute approximate surface area is 196 Å². The Morgan fingerprint density at radius 1 is 0.909 bits per heavy atom. The molecular weight excluding hydrogens is 431 g/mol. The van der Waals surface area contributed by atoms with Crippen molar-refractivity contribution in [3.63, 3.8) is 0 Å². The number of aryl methyl sites for hydroxylation is 1. The predicted octanol–water partition coefficient (Wildman–Crippen LogP) is 9.52. The van der Waals surface area contributed by atoms with Gasteiger partial charge < -0.3 is 0 Å². The van der Waals surface area contributed by atoms with Crippen LogP contribution in [0.5, 0.6) is 0 Å². The van der Waals surface area contributed by atoms with Crippen LogP contribution >= 0.6 is 0 Å². The number of allylic oxidation sites excluding steroid dienone is 1. The van der Waals surface area contributed by atoms with E-state index >= 15 is 0 Å². The molecule has 186 valence electrons. The van der Waals surface area contributed by atoms with Crippen LogP contribution in [-0.4, -0.2) is 6.18 Å². The molecule has 1 aromatic carbocycles. The largest absolute Gasteiger partial charge is 0.409 e. The highest BCUT2D eigenvalue weighted by molar-refractivity contribution is 5.52. The summed E-state index contributed by atoms with van der Waals surface area (Å²) < 4.78 is 65.2. The number of benzene rings is 1. The Kier molecular flexibility index (Phi) is 9.41. The minimum atomic E-state index is -4.59. The van der Waals surface area contributed by atoms with E-state index in [4.69, 9.17) is 0 Å². The molecule has 0 amide bonds. The van der Waals surface area contributed by atoms with Crippen molar-refractivity contribution in [3.05, 3.63) is 41.0 Å². The lowest BCUT2D eigenvalue weighted by Crippen LogP contribution is -2.27. The highest BCUT2D eigenvalue weighted by Crippen LogP contribution is 2.44. The summed E-state index contributed by atoms with van der Waals surface area (Å²) >= 11 is 0. The second-order valence-electron chi connectivity index (χ2n) is 10.6. The molecule has 0 aromatic heterocycles. The van der Waals surface area contributed by atoms with Gasteiger partial charge in [-0.15, -0.1) is 0 Å². The summed E-state index contributed by atoms with van der Waals surface area (Å²) in [6.45, 7) is 4.70. The van der Waals surface area contributed by atoms with Gasteiger partial charge in [-0.25, -0.2) is 8.78 Å². The second kappa shape index (κ2) is 11.8. The summed E-state index contributed by atoms with van der Waals surface area (Å²) in [4.78, 5) is 0. The monoisotopic (exact) mass is 470 g/mol. The second-order valence-corrected chi connectivity index (χ2v) is 10.6. The quantitative estimate of drug-likeness (QED) is 0.332. The minimum Gasteiger partial charge on any atom is -0.206 e. The van der Waals surface area contributed by atoms with Gasteiger partial charge in [-0.3, -0.25) is 0 Å². The Bertz CT molecular complexity index is 742. The summed E-state index contributed by atoms with van der Waals surface area (Å²) in [5.74, 6) is 2.17. The molecule has 2 saturated carbocycles. The van der Waals surface area contributed by atoms with E-state index in [2.05, 4.69) is 13.8 Å². The van der Waals surface area contributed by atoms with Crippen LogP contribution in [0.2, 0.25) is 0 Å². The number of rotatable bonds is 8. The van der Waals surface area contributed by atoms with Gasteiger partial charge in [0.2, 0.25) is 0 Å². The molecule has 2 fully saturated rings. The van der Waals surface area contributed by atoms with Crippen LogP contribution in [-0.2, 0) is 6.42 Å². The molecule has 5 heteroatoms. The van der Waals surface area contributed by atoms with Crippen molar-refractivity contribution in [2.45, 2.75) is 97.1 Å². The Morgan fingerprint density at radius 2 is 1.45 bits per heavy atom. The highest BCUT2D eigenvalue weighted by atomic mass is 19.4. The molecule has 0 aliphatic heterocycles. The fourth-order valence-corrected chi connectivity index (χ4v) is 6.31. The first-order valence-electron chi connectivity index (χ1n) is 12.9. The number of hydrogen-bond donors (Lipinski definition) is 0. The van der Waals surface area contributed by atoms with E-state index in [1.807, 2.05) is 0 Å². The topological polar surface area (TPSA) is 0 Å². The van der Waals surface area contributed by atoms with Gasteiger partial charge in [0, 0.05) is 11.6 Å². The molecule has 1 atom stereocenters. The average molecular weight is 471 g/mol. The molecule has 0 N–H and O–H groups in total. The van der Waals surface area contributed by atoms with Crippen LogP contribution in [0.25, 0.3) is 6.08 Å². The van der Waals surface area contributed by atoms with Crippen LogP contribution in [0.4, 0.5) is 22.0 Å². The molecule has 0 nitrogen and oxygen atoms in total. The molecule has 1 aromatic rings. The molecule has 2 aliphatic carbocycles. The van der Waals surface area contributed by atoms with Crippen molar-refractivity contribution in [3.8, 4) is 0 Å². The van der Waals surface area contributed by atoms with E-state index in [-0.39, 0.29) is 6.08 Å². The van der Waals surface area contributed by atoms with Gasteiger partial charge in [0.05, 0.1) is 0 Å². The van der Waals surface area contributed by atoms with E-state index in [0.717, 1.165) is 30.1 Å². The van der Waals surface area contributed by atoms with Crippen LogP contribution in [0, 0.1) is 41.2 Å². The molecule has 0 bridgehead atoms. The normalized spacial score (nSPS) is 27.7. The first kappa shape index (κ1) is 26.2. The molecule has 33 heavy (non-hydrogen) atoms. The van der Waals surface area contributed by atoms with E-state index < -0.39 is 23.4 Å². The Balaban J connectivity index is 1.43. The Morgan fingerprint density at radius 3 is 1.97 bits per heavy atom. The lowest BCUT2D eigenvalue weighted by atomic mass is 9.67. The fraction of sp³-hybridized carbons (Fsp3) is 0.714. The lowest BCUT2D eigenvalue weighted by molar-refractivity contribution is -0.0790. The molecule has 1 unspecified atom stereocenters. The van der Waals surface area contributed by atoms with Gasteiger partial charge in [0.15, 0.2) is 0 Å². The third kappa shape index (κ3) is 7.82. The highest BCUT2D eigenvalue weighted by Gasteiger charge is 2.32. The maximum atomic E-state index is 14.2. The van der Waals surface area contributed by atoms with Crippen LogP contribution in [0.1, 0.15) is 95.6 Å². The summed E-state index contributed by atoms with van der Waals surface area (Å²) in [6, 6.07) is 2.37. The van der Waals surface area contributed by atoms with E-state index in [1.165, 1.54) is 76.3 Å². The first-order valence-corrected chi connectivity index (χ1v) is 12.9. The lowest BCUT2D eigenvalue weighted by Gasteiger charge is -2.39. The standard InChI is InChI=1S/C28H39F5/c1-3-4-19(2)22-11-13-24(14-12-22)23-9-7-20(8-10-23)5-6-21-17-26(29)25(27(30)18-21)15-16-28(31,32)33/h15-20,22-24H,3-14H2,1-2H3/b16-15+.